The molecule has 0 spiro atoms. The van der Waals surface area contributed by atoms with Crippen molar-refractivity contribution in [2.75, 3.05) is 7.11 Å². The zero-order valence-corrected chi connectivity index (χ0v) is 10.3. The van der Waals surface area contributed by atoms with E-state index in [1.807, 2.05) is 0 Å². The second-order valence-corrected chi connectivity index (χ2v) is 5.12. The Morgan fingerprint density at radius 3 is 2.11 bits per heavy atom. The van der Waals surface area contributed by atoms with Crippen molar-refractivity contribution in [1.29, 1.82) is 0 Å². The molecule has 1 atom stereocenters. The molecule has 6 nitrogen and oxygen atoms in total. The maximum Gasteiger partial charge on any atom is 0.729 e. The minimum absolute atomic E-state index is 0.135. The Balaban J connectivity index is 3.10. The van der Waals surface area contributed by atoms with E-state index in [1.165, 1.54) is 0 Å². The van der Waals surface area contributed by atoms with Gasteiger partial charge in [-0.15, -0.1) is 4.52 Å². The third kappa shape index (κ3) is 3.47. The van der Waals surface area contributed by atoms with Crippen LogP contribution >= 0.6 is 8.25 Å². The summed E-state index contributed by atoms with van der Waals surface area (Å²) in [6.45, 7) is 0. The molecule has 11 heteroatoms. The Labute approximate surface area is 100 Å². The molecule has 0 heterocycles. The summed E-state index contributed by atoms with van der Waals surface area (Å²) >= 11 is 0. The van der Waals surface area contributed by atoms with Crippen molar-refractivity contribution in [3.63, 3.8) is 0 Å². The summed E-state index contributed by atoms with van der Waals surface area (Å²) in [5.41, 5.74) is 0. The van der Waals surface area contributed by atoms with E-state index in [4.69, 9.17) is 0 Å². The largest absolute Gasteiger partial charge is 0.729 e. The molecule has 0 N–H and O–H groups in total. The molecule has 1 aromatic carbocycles. The molecule has 0 bridgehead atoms. The predicted octanol–water partition coefficient (Wildman–Crippen LogP) is 2.04. The first kappa shape index (κ1) is 15.0. The molecule has 1 rings (SSSR count). The van der Waals surface area contributed by atoms with Crippen molar-refractivity contribution in [1.82, 2.24) is 0 Å². The molecule has 100 valence electrons. The number of benzene rings is 1. The van der Waals surface area contributed by atoms with Gasteiger partial charge in [-0.3, -0.25) is 0 Å². The first-order chi connectivity index (χ1) is 8.27. The van der Waals surface area contributed by atoms with Crippen molar-refractivity contribution >= 4 is 18.4 Å². The summed E-state index contributed by atoms with van der Waals surface area (Å²) in [5, 5.41) is 0. The average Bonchev–Trinajstić information content (AvgIpc) is 2.24. The van der Waals surface area contributed by atoms with Gasteiger partial charge in [0.05, 0.1) is 11.8 Å². The maximum atomic E-state index is 13.1. The fraction of sp³-hybridized carbons (Fsp3) is 0.143. The maximum absolute atomic E-state index is 13.1. The standard InChI is InChI=1S/C7H5F3O6PS/c1-14-17(11)15-16-18(12,13)7-5(9)2-4(8)3-6(7)10/h2-3H,1H3/q+1. The lowest BCUT2D eigenvalue weighted by Gasteiger charge is -2.02. The van der Waals surface area contributed by atoms with E-state index in [2.05, 4.69) is 13.5 Å². The van der Waals surface area contributed by atoms with E-state index in [0.717, 1.165) is 7.11 Å². The summed E-state index contributed by atoms with van der Waals surface area (Å²) in [5.74, 6) is -4.75. The molecular weight excluding hydrogens is 300 g/mol. The minimum atomic E-state index is -5.05. The quantitative estimate of drug-likeness (QED) is 0.470. The van der Waals surface area contributed by atoms with Crippen LogP contribution in [0.3, 0.4) is 0 Å². The predicted molar refractivity (Wildman–Crippen MR) is 50.3 cm³/mol. The molecule has 18 heavy (non-hydrogen) atoms. The Kier molecular flexibility index (Phi) is 4.77. The number of rotatable bonds is 5. The van der Waals surface area contributed by atoms with Crippen molar-refractivity contribution in [2.45, 2.75) is 4.90 Å². The first-order valence-corrected chi connectivity index (χ1v) is 6.55. The lowest BCUT2D eigenvalue weighted by molar-refractivity contribution is -0.0966. The lowest BCUT2D eigenvalue weighted by Crippen LogP contribution is -2.10. The van der Waals surface area contributed by atoms with Crippen LogP contribution in [0, 0.1) is 17.5 Å². The highest BCUT2D eigenvalue weighted by molar-refractivity contribution is 7.86. The normalized spacial score (nSPS) is 12.6. The molecule has 0 aliphatic carbocycles. The average molecular weight is 305 g/mol. The van der Waals surface area contributed by atoms with Crippen molar-refractivity contribution < 1.29 is 39.7 Å². The van der Waals surface area contributed by atoms with Gasteiger partial charge in [0.2, 0.25) is 0 Å². The summed E-state index contributed by atoms with van der Waals surface area (Å²) in [7, 11) is -7.06. The van der Waals surface area contributed by atoms with Crippen molar-refractivity contribution in [3.8, 4) is 0 Å². The molecule has 1 aromatic rings. The Hall–Kier alpha value is -1.06. The zero-order chi connectivity index (χ0) is 13.9. The molecule has 0 aliphatic rings. The molecular formula is C7H5F3O6PS+. The number of halogens is 3. The van der Waals surface area contributed by atoms with Gasteiger partial charge in [-0.2, -0.15) is 8.42 Å². The summed E-state index contributed by atoms with van der Waals surface area (Å²) in [4.78, 5) is -1.57. The molecule has 0 aromatic heterocycles. The van der Waals surface area contributed by atoms with E-state index >= 15 is 0 Å². The molecule has 0 saturated heterocycles. The van der Waals surface area contributed by atoms with Gasteiger partial charge >= 0.3 is 18.4 Å². The van der Waals surface area contributed by atoms with E-state index in [0.29, 0.717) is 0 Å². The van der Waals surface area contributed by atoms with Crippen LogP contribution in [0.5, 0.6) is 0 Å². The zero-order valence-electron chi connectivity index (χ0n) is 8.59. The van der Waals surface area contributed by atoms with Crippen LogP contribution in [0.2, 0.25) is 0 Å². The van der Waals surface area contributed by atoms with Gasteiger partial charge in [0.25, 0.3) is 0 Å². The third-order valence-electron chi connectivity index (χ3n) is 1.54. The van der Waals surface area contributed by atoms with Gasteiger partial charge in [0, 0.05) is 16.7 Å². The summed E-state index contributed by atoms with van der Waals surface area (Å²) in [6, 6.07) is 0.269. The highest BCUT2D eigenvalue weighted by Crippen LogP contribution is 2.27. The Morgan fingerprint density at radius 1 is 1.17 bits per heavy atom. The second kappa shape index (κ2) is 5.72. The van der Waals surface area contributed by atoms with Crippen molar-refractivity contribution in [3.05, 3.63) is 29.6 Å². The van der Waals surface area contributed by atoms with Gasteiger partial charge in [-0.25, -0.2) is 13.2 Å². The van der Waals surface area contributed by atoms with Gasteiger partial charge in [-0.1, -0.05) is 4.33 Å². The van der Waals surface area contributed by atoms with Crippen LogP contribution in [0.25, 0.3) is 0 Å². The SMILES string of the molecule is CO[P+](=O)OOS(=O)(=O)c1c(F)cc(F)cc1F. The van der Waals surface area contributed by atoms with Crippen LogP contribution < -0.4 is 0 Å². The Morgan fingerprint density at radius 2 is 1.67 bits per heavy atom. The fourth-order valence-electron chi connectivity index (χ4n) is 0.897. The van der Waals surface area contributed by atoms with E-state index < -0.39 is 40.7 Å². The van der Waals surface area contributed by atoms with E-state index in [-0.39, 0.29) is 12.1 Å². The molecule has 0 saturated carbocycles. The van der Waals surface area contributed by atoms with Gasteiger partial charge in [0.1, 0.15) is 17.5 Å². The molecule has 0 amide bonds. The summed E-state index contributed by atoms with van der Waals surface area (Å²) < 4.78 is 83.3. The van der Waals surface area contributed by atoms with Gasteiger partial charge in [0.15, 0.2) is 4.90 Å². The summed E-state index contributed by atoms with van der Waals surface area (Å²) in [6.07, 6.45) is 0. The topological polar surface area (TPSA) is 78.9 Å². The van der Waals surface area contributed by atoms with E-state index in [9.17, 15) is 26.2 Å². The van der Waals surface area contributed by atoms with Gasteiger partial charge in [-0.05, 0) is 0 Å². The second-order valence-electron chi connectivity index (χ2n) is 2.70. The number of hydrogen-bond acceptors (Lipinski definition) is 6. The van der Waals surface area contributed by atoms with Crippen LogP contribution in [0.4, 0.5) is 13.2 Å². The first-order valence-electron chi connectivity index (χ1n) is 4.05. The smallest absolute Gasteiger partial charge is 0.207 e. The van der Waals surface area contributed by atoms with Crippen LogP contribution in [-0.4, -0.2) is 15.5 Å². The highest BCUT2D eigenvalue weighted by atomic mass is 32.2. The van der Waals surface area contributed by atoms with Crippen LogP contribution in [0.15, 0.2) is 17.0 Å². The molecule has 0 aliphatic heterocycles. The number of hydrogen-bond donors (Lipinski definition) is 0. The Bertz CT molecular complexity index is 552. The van der Waals surface area contributed by atoms with Gasteiger partial charge < -0.3 is 0 Å². The highest BCUT2D eigenvalue weighted by Gasteiger charge is 2.32. The lowest BCUT2D eigenvalue weighted by atomic mass is 10.3. The fourth-order valence-corrected chi connectivity index (χ4v) is 2.14. The molecule has 0 radical (unpaired) electrons. The minimum Gasteiger partial charge on any atom is -0.207 e. The monoisotopic (exact) mass is 305 g/mol. The molecule has 1 unspecified atom stereocenters. The van der Waals surface area contributed by atoms with Crippen LogP contribution in [-0.2, 0) is 28.2 Å². The van der Waals surface area contributed by atoms with E-state index in [1.54, 1.807) is 0 Å². The molecule has 0 fully saturated rings. The third-order valence-corrected chi connectivity index (χ3v) is 3.28. The van der Waals surface area contributed by atoms with Crippen molar-refractivity contribution in [2.24, 2.45) is 0 Å². The van der Waals surface area contributed by atoms with Crippen LogP contribution in [0.1, 0.15) is 0 Å².